The summed E-state index contributed by atoms with van der Waals surface area (Å²) in [5.41, 5.74) is 1.88. The monoisotopic (exact) mass is 411 g/mol. The van der Waals surface area contributed by atoms with Crippen LogP contribution in [0.5, 0.6) is 11.5 Å². The summed E-state index contributed by atoms with van der Waals surface area (Å²) < 4.78 is 11.2. The summed E-state index contributed by atoms with van der Waals surface area (Å²) in [5.74, 6) is 1.26. The average molecular weight is 412 g/mol. The quantitative estimate of drug-likeness (QED) is 0.533. The van der Waals surface area contributed by atoms with Gasteiger partial charge in [-0.1, -0.05) is 36.4 Å². The van der Waals surface area contributed by atoms with Gasteiger partial charge < -0.3 is 20.1 Å². The van der Waals surface area contributed by atoms with Crippen LogP contribution >= 0.6 is 11.3 Å². The highest BCUT2D eigenvalue weighted by Gasteiger charge is 2.20. The van der Waals surface area contributed by atoms with Gasteiger partial charge in [-0.15, -0.1) is 11.3 Å². The van der Waals surface area contributed by atoms with Crippen LogP contribution in [0.2, 0.25) is 0 Å². The molecule has 0 saturated carbocycles. The molecule has 1 aromatic heterocycles. The molecule has 6 heteroatoms. The molecule has 0 aliphatic heterocycles. The van der Waals surface area contributed by atoms with E-state index in [1.807, 2.05) is 50.2 Å². The number of anilines is 1. The van der Waals surface area contributed by atoms with E-state index in [-0.39, 0.29) is 11.9 Å². The van der Waals surface area contributed by atoms with Crippen LogP contribution in [0.25, 0.3) is 0 Å². The third kappa shape index (κ3) is 5.82. The fourth-order valence-electron chi connectivity index (χ4n) is 3.11. The predicted octanol–water partition coefficient (Wildman–Crippen LogP) is 3.84. The molecule has 29 heavy (non-hydrogen) atoms. The van der Waals surface area contributed by atoms with Gasteiger partial charge in [0.25, 0.3) is 5.91 Å². The first-order valence-corrected chi connectivity index (χ1v) is 10.7. The Labute approximate surface area is 175 Å². The molecule has 1 atom stereocenters. The van der Waals surface area contributed by atoms with Crippen molar-refractivity contribution in [1.82, 2.24) is 0 Å². The van der Waals surface area contributed by atoms with E-state index in [0.29, 0.717) is 36.9 Å². The Morgan fingerprint density at radius 2 is 1.76 bits per heavy atom. The summed E-state index contributed by atoms with van der Waals surface area (Å²) >= 11 is 1.70. The zero-order valence-corrected chi connectivity index (χ0v) is 17.6. The number of nitrogens with two attached hydrogens (primary N) is 1. The lowest BCUT2D eigenvalue weighted by molar-refractivity contribution is -0.675. The molecule has 0 radical (unpaired) electrons. The molecule has 3 N–H and O–H groups in total. The minimum absolute atomic E-state index is 0.0610. The molecule has 3 aromatic rings. The summed E-state index contributed by atoms with van der Waals surface area (Å²) in [6.45, 7) is 5.26. The van der Waals surface area contributed by atoms with Gasteiger partial charge in [0.1, 0.15) is 6.04 Å². The Morgan fingerprint density at radius 1 is 1.00 bits per heavy atom. The molecule has 0 fully saturated rings. The largest absolute Gasteiger partial charge is 0.490 e. The number of benzene rings is 2. The Bertz CT molecular complexity index is 898. The molecule has 5 nitrogen and oxygen atoms in total. The van der Waals surface area contributed by atoms with Crippen molar-refractivity contribution in [1.29, 1.82) is 0 Å². The first-order chi connectivity index (χ1) is 14.2. The number of carbonyl (C=O) groups is 1. The highest BCUT2D eigenvalue weighted by molar-refractivity contribution is 7.10. The molecular formula is C23H27N2O3S+. The van der Waals surface area contributed by atoms with Gasteiger partial charge in [-0.3, -0.25) is 4.79 Å². The molecular weight excluding hydrogens is 384 g/mol. The molecule has 0 aliphatic rings. The molecule has 1 amide bonds. The maximum Gasteiger partial charge on any atom is 0.279 e. The van der Waals surface area contributed by atoms with Crippen molar-refractivity contribution >= 4 is 22.9 Å². The van der Waals surface area contributed by atoms with Gasteiger partial charge in [-0.2, -0.15) is 0 Å². The van der Waals surface area contributed by atoms with E-state index in [1.165, 1.54) is 10.4 Å². The zero-order valence-electron chi connectivity index (χ0n) is 16.8. The second-order valence-electron chi connectivity index (χ2n) is 6.42. The molecule has 0 bridgehead atoms. The SMILES string of the molecule is CCOc1ccc(NC(=O)C[NH2+][C@H](c2ccccc2)c2cccs2)cc1OCC. The Hall–Kier alpha value is -2.83. The number of ether oxygens (including phenoxy) is 2. The summed E-state index contributed by atoms with van der Waals surface area (Å²) in [4.78, 5) is 13.8. The van der Waals surface area contributed by atoms with Crippen LogP contribution in [0.15, 0.2) is 66.0 Å². The molecule has 0 aliphatic carbocycles. The summed E-state index contributed by atoms with van der Waals surface area (Å²) in [6.07, 6.45) is 0. The molecule has 3 rings (SSSR count). The number of quaternary nitrogens is 1. The number of hydrogen-bond acceptors (Lipinski definition) is 4. The van der Waals surface area contributed by atoms with Gasteiger partial charge in [0.2, 0.25) is 0 Å². The number of amides is 1. The standard InChI is InChI=1S/C23H26N2O3S/c1-3-27-19-13-12-18(15-20(19)28-4-2)25-22(26)16-24-23(21-11-8-14-29-21)17-9-6-5-7-10-17/h5-15,23-24H,3-4,16H2,1-2H3,(H,25,26)/p+1/t23-/m1/s1. The number of nitrogens with one attached hydrogen (secondary N) is 1. The third-order valence-corrected chi connectivity index (χ3v) is 5.33. The zero-order chi connectivity index (χ0) is 20.5. The Balaban J connectivity index is 1.66. The Morgan fingerprint density at radius 3 is 2.45 bits per heavy atom. The van der Waals surface area contributed by atoms with Gasteiger partial charge in [0, 0.05) is 17.3 Å². The lowest BCUT2D eigenvalue weighted by Crippen LogP contribution is -2.87. The first-order valence-electron chi connectivity index (χ1n) is 9.82. The van der Waals surface area contributed by atoms with Gasteiger partial charge in [-0.05, 0) is 37.4 Å². The van der Waals surface area contributed by atoms with E-state index in [9.17, 15) is 4.79 Å². The smallest absolute Gasteiger partial charge is 0.279 e. The first kappa shape index (κ1) is 20.9. The second kappa shape index (κ2) is 10.6. The second-order valence-corrected chi connectivity index (χ2v) is 7.40. The van der Waals surface area contributed by atoms with Crippen LogP contribution in [0.3, 0.4) is 0 Å². The summed E-state index contributed by atoms with van der Waals surface area (Å²) in [6, 6.07) is 20.0. The van der Waals surface area contributed by atoms with Crippen molar-refractivity contribution in [2.24, 2.45) is 0 Å². The highest BCUT2D eigenvalue weighted by atomic mass is 32.1. The molecule has 0 unspecified atom stereocenters. The fourth-order valence-corrected chi connectivity index (χ4v) is 3.96. The van der Waals surface area contributed by atoms with Gasteiger partial charge in [0.15, 0.2) is 18.0 Å². The third-order valence-electron chi connectivity index (χ3n) is 4.37. The molecule has 0 saturated heterocycles. The van der Waals surface area contributed by atoms with Crippen LogP contribution in [0.4, 0.5) is 5.69 Å². The topological polar surface area (TPSA) is 64.2 Å². The van der Waals surface area contributed by atoms with Crippen LogP contribution in [-0.4, -0.2) is 25.7 Å². The fraction of sp³-hybridized carbons (Fsp3) is 0.261. The van der Waals surface area contributed by atoms with E-state index in [0.717, 1.165) is 0 Å². The van der Waals surface area contributed by atoms with Crippen LogP contribution in [0.1, 0.15) is 30.3 Å². The van der Waals surface area contributed by atoms with E-state index < -0.39 is 0 Å². The maximum atomic E-state index is 12.6. The lowest BCUT2D eigenvalue weighted by Gasteiger charge is -2.15. The van der Waals surface area contributed by atoms with Crippen molar-refractivity contribution in [2.75, 3.05) is 25.1 Å². The van der Waals surface area contributed by atoms with Crippen molar-refractivity contribution in [2.45, 2.75) is 19.9 Å². The minimum Gasteiger partial charge on any atom is -0.490 e. The van der Waals surface area contributed by atoms with Gasteiger partial charge >= 0.3 is 0 Å². The van der Waals surface area contributed by atoms with Crippen molar-refractivity contribution < 1.29 is 19.6 Å². The predicted molar refractivity (Wildman–Crippen MR) is 117 cm³/mol. The number of carbonyl (C=O) groups excluding carboxylic acids is 1. The number of thiophene rings is 1. The van der Waals surface area contributed by atoms with Crippen LogP contribution < -0.4 is 20.1 Å². The molecule has 0 spiro atoms. The minimum atomic E-state index is -0.0610. The molecule has 1 heterocycles. The van der Waals surface area contributed by atoms with Crippen LogP contribution in [0, 0.1) is 0 Å². The van der Waals surface area contributed by atoms with Crippen LogP contribution in [-0.2, 0) is 4.79 Å². The van der Waals surface area contributed by atoms with Crippen molar-refractivity contribution in [3.63, 3.8) is 0 Å². The lowest BCUT2D eigenvalue weighted by atomic mass is 10.1. The van der Waals surface area contributed by atoms with E-state index >= 15 is 0 Å². The summed E-state index contributed by atoms with van der Waals surface area (Å²) in [5, 5.41) is 7.09. The molecule has 2 aromatic carbocycles. The van der Waals surface area contributed by atoms with Gasteiger partial charge in [-0.25, -0.2) is 0 Å². The van der Waals surface area contributed by atoms with Crippen molar-refractivity contribution in [3.8, 4) is 11.5 Å². The van der Waals surface area contributed by atoms with E-state index in [2.05, 4.69) is 34.2 Å². The van der Waals surface area contributed by atoms with Crippen molar-refractivity contribution in [3.05, 3.63) is 76.5 Å². The maximum absolute atomic E-state index is 12.6. The highest BCUT2D eigenvalue weighted by Crippen LogP contribution is 2.30. The van der Waals surface area contributed by atoms with Gasteiger partial charge in [0.05, 0.1) is 18.1 Å². The Kier molecular flexibility index (Phi) is 7.67. The summed E-state index contributed by atoms with van der Waals surface area (Å²) in [7, 11) is 0. The normalized spacial score (nSPS) is 11.7. The number of hydrogen-bond donors (Lipinski definition) is 2. The number of rotatable bonds is 10. The van der Waals surface area contributed by atoms with E-state index in [4.69, 9.17) is 9.47 Å². The molecule has 152 valence electrons. The average Bonchev–Trinajstić information content (AvgIpc) is 3.26. The van der Waals surface area contributed by atoms with E-state index in [1.54, 1.807) is 17.4 Å².